The highest BCUT2D eigenvalue weighted by molar-refractivity contribution is 5.86. The van der Waals surface area contributed by atoms with Gasteiger partial charge >= 0.3 is 11.8 Å². The molecule has 2 nitrogen and oxygen atoms in total. The normalized spacial score (nSPS) is 23.1. The summed E-state index contributed by atoms with van der Waals surface area (Å²) in [4.78, 5) is 0. The third kappa shape index (κ3) is 3.16. The van der Waals surface area contributed by atoms with E-state index in [1.165, 1.54) is 6.07 Å². The largest absolute Gasteiger partial charge is 0.374 e. The molecule has 3 aromatic carbocycles. The van der Waals surface area contributed by atoms with Gasteiger partial charge in [-0.05, 0) is 21.9 Å². The average molecular weight is 390 g/mol. The Bertz CT molecular complexity index is 954. The molecule has 0 spiro atoms. The van der Waals surface area contributed by atoms with E-state index in [1.54, 1.807) is 60.7 Å². The minimum absolute atomic E-state index is 0.0429. The molecule has 0 unspecified atom stereocenters. The Kier molecular flexibility index (Phi) is 4.85. The van der Waals surface area contributed by atoms with Crippen molar-refractivity contribution in [1.29, 1.82) is 0 Å². The third-order valence-electron chi connectivity index (χ3n) is 4.97. The van der Waals surface area contributed by atoms with E-state index >= 15 is 0 Å². The summed E-state index contributed by atoms with van der Waals surface area (Å²) >= 11 is 0. The molecule has 0 radical (unpaired) electrons. The Morgan fingerprint density at radius 2 is 1.46 bits per heavy atom. The second kappa shape index (κ2) is 7.18. The van der Waals surface area contributed by atoms with Gasteiger partial charge in [0.2, 0.25) is 0 Å². The van der Waals surface area contributed by atoms with Gasteiger partial charge in [-0.15, -0.1) is 0 Å². The summed E-state index contributed by atoms with van der Waals surface area (Å²) in [6.45, 7) is -0.583. The molecule has 1 fully saturated rings. The van der Waals surface area contributed by atoms with Gasteiger partial charge < -0.3 is 9.47 Å². The number of ether oxygens (including phenoxy) is 2. The summed E-state index contributed by atoms with van der Waals surface area (Å²) in [5.74, 6) is -8.69. The first-order chi connectivity index (χ1) is 13.4. The average Bonchev–Trinajstić information content (AvgIpc) is 2.87. The lowest BCUT2D eigenvalue weighted by atomic mass is 9.95. The van der Waals surface area contributed by atoms with Gasteiger partial charge in [0.05, 0.1) is 13.2 Å². The van der Waals surface area contributed by atoms with Gasteiger partial charge in [0.25, 0.3) is 0 Å². The van der Waals surface area contributed by atoms with Crippen molar-refractivity contribution in [3.8, 4) is 0 Å². The zero-order chi connectivity index (χ0) is 19.8. The molecule has 0 aliphatic carbocycles. The van der Waals surface area contributed by atoms with Crippen molar-refractivity contribution in [1.82, 2.24) is 0 Å². The molecule has 3 aromatic rings. The first kappa shape index (κ1) is 18.9. The number of fused-ring (bicyclic) bond motifs is 1. The minimum Gasteiger partial charge on any atom is -0.374 e. The standard InChI is InChI=1S/C22H18F4O2/c23-21(24)19(14-27-13-15-7-2-1-3-8-15)28-20(22(21,25)26)18-12-6-10-16-9-4-5-11-17(16)18/h1-12,19-20H,13-14H2/t19-,20+/m0/s1. The molecule has 1 heterocycles. The maximum Gasteiger partial charge on any atom is 0.342 e. The van der Waals surface area contributed by atoms with Crippen LogP contribution in [0.15, 0.2) is 72.8 Å². The van der Waals surface area contributed by atoms with Gasteiger partial charge in [-0.2, -0.15) is 17.6 Å². The van der Waals surface area contributed by atoms with E-state index in [0.717, 1.165) is 5.56 Å². The van der Waals surface area contributed by atoms with Crippen LogP contribution in [0.4, 0.5) is 17.6 Å². The van der Waals surface area contributed by atoms with Crippen molar-refractivity contribution in [3.05, 3.63) is 83.9 Å². The topological polar surface area (TPSA) is 18.5 Å². The molecule has 2 atom stereocenters. The first-order valence-corrected chi connectivity index (χ1v) is 8.91. The summed E-state index contributed by atoms with van der Waals surface area (Å²) < 4.78 is 68.8. The molecule has 4 rings (SSSR count). The van der Waals surface area contributed by atoms with Crippen LogP contribution in [0.5, 0.6) is 0 Å². The predicted molar refractivity (Wildman–Crippen MR) is 97.6 cm³/mol. The lowest BCUT2D eigenvalue weighted by Crippen LogP contribution is -2.45. The fourth-order valence-corrected chi connectivity index (χ4v) is 3.47. The summed E-state index contributed by atoms with van der Waals surface area (Å²) in [5.41, 5.74) is 0.814. The second-order valence-electron chi connectivity index (χ2n) is 6.82. The zero-order valence-corrected chi connectivity index (χ0v) is 14.8. The molecule has 0 saturated carbocycles. The van der Waals surface area contributed by atoms with E-state index in [4.69, 9.17) is 9.47 Å². The van der Waals surface area contributed by atoms with Crippen LogP contribution >= 0.6 is 0 Å². The molecule has 6 heteroatoms. The summed E-state index contributed by atoms with van der Waals surface area (Å²) in [5, 5.41) is 1.16. The Labute approximate surface area is 159 Å². The van der Waals surface area contributed by atoms with Gasteiger partial charge in [-0.25, -0.2) is 0 Å². The van der Waals surface area contributed by atoms with Crippen molar-refractivity contribution >= 4 is 10.8 Å². The summed E-state index contributed by atoms with van der Waals surface area (Å²) in [7, 11) is 0. The van der Waals surface area contributed by atoms with Crippen molar-refractivity contribution in [2.75, 3.05) is 6.61 Å². The van der Waals surface area contributed by atoms with Gasteiger partial charge in [-0.3, -0.25) is 0 Å². The van der Waals surface area contributed by atoms with Crippen molar-refractivity contribution in [2.24, 2.45) is 0 Å². The highest BCUT2D eigenvalue weighted by atomic mass is 19.3. The molecule has 0 aromatic heterocycles. The van der Waals surface area contributed by atoms with E-state index < -0.39 is 30.7 Å². The molecular formula is C22H18F4O2. The van der Waals surface area contributed by atoms with Gasteiger partial charge in [-0.1, -0.05) is 72.8 Å². The number of halogens is 4. The molecule has 28 heavy (non-hydrogen) atoms. The predicted octanol–water partition coefficient (Wildman–Crippen LogP) is 5.77. The quantitative estimate of drug-likeness (QED) is 0.515. The third-order valence-corrected chi connectivity index (χ3v) is 4.97. The Morgan fingerprint density at radius 3 is 2.25 bits per heavy atom. The number of hydrogen-bond donors (Lipinski definition) is 0. The van der Waals surface area contributed by atoms with Crippen LogP contribution in [-0.4, -0.2) is 24.6 Å². The van der Waals surface area contributed by atoms with Crippen LogP contribution < -0.4 is 0 Å². The maximum atomic E-state index is 14.7. The fourth-order valence-electron chi connectivity index (χ4n) is 3.47. The van der Waals surface area contributed by atoms with Crippen molar-refractivity contribution < 1.29 is 27.0 Å². The van der Waals surface area contributed by atoms with Crippen LogP contribution in [-0.2, 0) is 16.1 Å². The van der Waals surface area contributed by atoms with Crippen LogP contribution in [0.2, 0.25) is 0 Å². The number of benzene rings is 3. The van der Waals surface area contributed by atoms with Crippen LogP contribution in [0.3, 0.4) is 0 Å². The molecule has 146 valence electrons. The van der Waals surface area contributed by atoms with E-state index in [2.05, 4.69) is 0 Å². The van der Waals surface area contributed by atoms with E-state index in [9.17, 15) is 17.6 Å². The highest BCUT2D eigenvalue weighted by Gasteiger charge is 2.72. The molecule has 1 aliphatic rings. The highest BCUT2D eigenvalue weighted by Crippen LogP contribution is 2.55. The molecule has 0 bridgehead atoms. The van der Waals surface area contributed by atoms with Crippen LogP contribution in [0.25, 0.3) is 10.8 Å². The Morgan fingerprint density at radius 1 is 0.786 bits per heavy atom. The number of rotatable bonds is 5. The summed E-state index contributed by atoms with van der Waals surface area (Å²) in [6.07, 6.45) is -4.07. The van der Waals surface area contributed by atoms with E-state index in [0.29, 0.717) is 10.8 Å². The molecular weight excluding hydrogens is 372 g/mol. The molecule has 0 amide bonds. The zero-order valence-electron chi connectivity index (χ0n) is 14.8. The minimum atomic E-state index is -4.35. The smallest absolute Gasteiger partial charge is 0.342 e. The summed E-state index contributed by atoms with van der Waals surface area (Å²) in [6, 6.07) is 20.4. The SMILES string of the molecule is FC1(F)[C@H](COCc2ccccc2)O[C@H](c2cccc3ccccc23)C1(F)F. The lowest BCUT2D eigenvalue weighted by Gasteiger charge is -2.23. The van der Waals surface area contributed by atoms with Gasteiger partial charge in [0.15, 0.2) is 12.2 Å². The molecule has 0 N–H and O–H groups in total. The fraction of sp³-hybridized carbons (Fsp3) is 0.273. The van der Waals surface area contributed by atoms with E-state index in [1.807, 2.05) is 6.07 Å². The van der Waals surface area contributed by atoms with Crippen LogP contribution in [0, 0.1) is 0 Å². The molecule has 1 saturated heterocycles. The maximum absolute atomic E-state index is 14.7. The van der Waals surface area contributed by atoms with E-state index in [-0.39, 0.29) is 12.2 Å². The lowest BCUT2D eigenvalue weighted by molar-refractivity contribution is -0.203. The second-order valence-corrected chi connectivity index (χ2v) is 6.82. The number of hydrogen-bond acceptors (Lipinski definition) is 2. The molecule has 1 aliphatic heterocycles. The van der Waals surface area contributed by atoms with Crippen LogP contribution in [0.1, 0.15) is 17.2 Å². The Hall–Kier alpha value is -2.44. The van der Waals surface area contributed by atoms with Gasteiger partial charge in [0, 0.05) is 0 Å². The van der Waals surface area contributed by atoms with Crippen molar-refractivity contribution in [3.63, 3.8) is 0 Å². The number of alkyl halides is 4. The van der Waals surface area contributed by atoms with Gasteiger partial charge in [0.1, 0.15) is 0 Å². The first-order valence-electron chi connectivity index (χ1n) is 8.91. The van der Waals surface area contributed by atoms with Crippen molar-refractivity contribution in [2.45, 2.75) is 30.7 Å². The Balaban J connectivity index is 1.58. The monoisotopic (exact) mass is 390 g/mol.